The van der Waals surface area contributed by atoms with Crippen LogP contribution in [0.1, 0.15) is 30.6 Å². The molecule has 0 radical (unpaired) electrons. The van der Waals surface area contributed by atoms with Crippen LogP contribution in [0.4, 0.5) is 5.69 Å². The Morgan fingerprint density at radius 3 is 2.19 bits per heavy atom. The quantitative estimate of drug-likeness (QED) is 0.721. The lowest BCUT2D eigenvalue weighted by molar-refractivity contribution is -0.138. The molecule has 1 amide bonds. The van der Waals surface area contributed by atoms with Gasteiger partial charge in [-0.1, -0.05) is 25.1 Å². The Bertz CT molecular complexity index is 895. The van der Waals surface area contributed by atoms with E-state index >= 15 is 0 Å². The minimum atomic E-state index is -3.72. The Morgan fingerprint density at radius 2 is 1.67 bits per heavy atom. The van der Waals surface area contributed by atoms with Gasteiger partial charge in [-0.05, 0) is 49.7 Å². The van der Waals surface area contributed by atoms with Crippen LogP contribution >= 0.6 is 0 Å². The monoisotopic (exact) mass is 390 g/mol. The number of aliphatic carboxylic acids is 1. The van der Waals surface area contributed by atoms with Gasteiger partial charge >= 0.3 is 5.97 Å². The van der Waals surface area contributed by atoms with Crippen LogP contribution in [0.5, 0.6) is 0 Å². The highest BCUT2D eigenvalue weighted by Crippen LogP contribution is 2.18. The van der Waals surface area contributed by atoms with Crippen molar-refractivity contribution < 1.29 is 23.1 Å². The average molecular weight is 390 g/mol. The molecule has 2 aromatic carbocycles. The number of nitrogens with zero attached hydrogens (tertiary/aromatic N) is 1. The minimum Gasteiger partial charge on any atom is -0.480 e. The first-order valence-electron chi connectivity index (χ1n) is 8.45. The third-order valence-corrected chi connectivity index (χ3v) is 5.52. The summed E-state index contributed by atoms with van der Waals surface area (Å²) in [5.41, 5.74) is 0.600. The zero-order valence-electron chi connectivity index (χ0n) is 15.1. The van der Waals surface area contributed by atoms with E-state index < -0.39 is 28.4 Å². The van der Waals surface area contributed by atoms with Crippen molar-refractivity contribution in [3.05, 3.63) is 60.2 Å². The third kappa shape index (κ3) is 5.30. The maximum Gasteiger partial charge on any atom is 0.323 e. The normalized spacial score (nSPS) is 12.2. The van der Waals surface area contributed by atoms with E-state index in [2.05, 4.69) is 4.72 Å². The fourth-order valence-electron chi connectivity index (χ4n) is 2.45. The number of carbonyl (C=O) groups is 2. The number of hydrogen-bond acceptors (Lipinski definition) is 4. The van der Waals surface area contributed by atoms with Crippen molar-refractivity contribution in [3.8, 4) is 0 Å². The second-order valence-electron chi connectivity index (χ2n) is 6.08. The molecule has 1 unspecified atom stereocenters. The summed E-state index contributed by atoms with van der Waals surface area (Å²) < 4.78 is 27.1. The number of rotatable bonds is 8. The molecule has 144 valence electrons. The van der Waals surface area contributed by atoms with E-state index in [-0.39, 0.29) is 10.9 Å². The molecule has 0 fully saturated rings. The summed E-state index contributed by atoms with van der Waals surface area (Å²) in [5, 5.41) is 9.03. The second-order valence-corrected chi connectivity index (χ2v) is 7.76. The predicted octanol–water partition coefficient (Wildman–Crippen LogP) is 2.81. The number of sulfonamides is 1. The number of carboxylic acids is 1. The standard InChI is InChI=1S/C19H22N2O5S/c1-3-14(2)21(13-18(22)23)19(24)15-9-11-16(12-10-15)20-27(25,26)17-7-5-4-6-8-17/h4-12,14,20H,3,13H2,1-2H3,(H,22,23). The molecular formula is C19H22N2O5S. The summed E-state index contributed by atoms with van der Waals surface area (Å²) in [4.78, 5) is 25.1. The molecule has 0 saturated heterocycles. The van der Waals surface area contributed by atoms with Crippen LogP contribution in [0.3, 0.4) is 0 Å². The molecule has 7 nitrogen and oxygen atoms in total. The van der Waals surface area contributed by atoms with Gasteiger partial charge in [0, 0.05) is 17.3 Å². The fraction of sp³-hybridized carbons (Fsp3) is 0.263. The van der Waals surface area contributed by atoms with Gasteiger partial charge in [0.05, 0.1) is 4.90 Å². The summed E-state index contributed by atoms with van der Waals surface area (Å²) in [6.45, 7) is 3.26. The van der Waals surface area contributed by atoms with Crippen LogP contribution in [0.25, 0.3) is 0 Å². The molecular weight excluding hydrogens is 368 g/mol. The fourth-order valence-corrected chi connectivity index (χ4v) is 3.53. The van der Waals surface area contributed by atoms with Crippen molar-refractivity contribution in [1.82, 2.24) is 4.90 Å². The third-order valence-electron chi connectivity index (χ3n) is 4.13. The lowest BCUT2D eigenvalue weighted by Crippen LogP contribution is -2.41. The van der Waals surface area contributed by atoms with Crippen LogP contribution in [0.15, 0.2) is 59.5 Å². The van der Waals surface area contributed by atoms with Crippen LogP contribution in [-0.4, -0.2) is 42.9 Å². The van der Waals surface area contributed by atoms with Crippen molar-refractivity contribution in [1.29, 1.82) is 0 Å². The van der Waals surface area contributed by atoms with Crippen LogP contribution in [0.2, 0.25) is 0 Å². The van der Waals surface area contributed by atoms with Gasteiger partial charge in [0.1, 0.15) is 6.54 Å². The van der Waals surface area contributed by atoms with Crippen LogP contribution in [0, 0.1) is 0 Å². The minimum absolute atomic E-state index is 0.134. The Kier molecular flexibility index (Phi) is 6.57. The molecule has 0 spiro atoms. The number of anilines is 1. The Labute approximate surface area is 158 Å². The summed E-state index contributed by atoms with van der Waals surface area (Å²) in [7, 11) is -3.72. The highest BCUT2D eigenvalue weighted by molar-refractivity contribution is 7.92. The molecule has 0 aliphatic rings. The summed E-state index contributed by atoms with van der Waals surface area (Å²) in [6.07, 6.45) is 0.619. The lowest BCUT2D eigenvalue weighted by Gasteiger charge is -2.27. The Balaban J connectivity index is 2.18. The van der Waals surface area contributed by atoms with Crippen molar-refractivity contribution in [2.24, 2.45) is 0 Å². The van der Waals surface area contributed by atoms with Crippen molar-refractivity contribution in [2.45, 2.75) is 31.2 Å². The molecule has 0 saturated carbocycles. The Hall–Kier alpha value is -2.87. The van der Waals surface area contributed by atoms with E-state index in [4.69, 9.17) is 5.11 Å². The maximum absolute atomic E-state index is 12.6. The predicted molar refractivity (Wildman–Crippen MR) is 102 cm³/mol. The summed E-state index contributed by atoms with van der Waals surface area (Å²) in [5.74, 6) is -1.50. The molecule has 0 aliphatic carbocycles. The molecule has 8 heteroatoms. The largest absolute Gasteiger partial charge is 0.480 e. The SMILES string of the molecule is CCC(C)N(CC(=O)O)C(=O)c1ccc(NS(=O)(=O)c2ccccc2)cc1. The Morgan fingerprint density at radius 1 is 1.07 bits per heavy atom. The molecule has 2 N–H and O–H groups in total. The van der Waals surface area contributed by atoms with Gasteiger partial charge in [0.25, 0.3) is 15.9 Å². The topological polar surface area (TPSA) is 104 Å². The molecule has 0 aliphatic heterocycles. The highest BCUT2D eigenvalue weighted by Gasteiger charge is 2.23. The van der Waals surface area contributed by atoms with Gasteiger partial charge in [-0.25, -0.2) is 8.42 Å². The summed E-state index contributed by atoms with van der Waals surface area (Å²) >= 11 is 0. The lowest BCUT2D eigenvalue weighted by atomic mass is 10.1. The number of carboxylic acid groups (broad SMARTS) is 1. The first-order valence-corrected chi connectivity index (χ1v) is 9.93. The van der Waals surface area contributed by atoms with E-state index in [0.717, 1.165) is 0 Å². The van der Waals surface area contributed by atoms with E-state index in [0.29, 0.717) is 17.7 Å². The highest BCUT2D eigenvalue weighted by atomic mass is 32.2. The van der Waals surface area contributed by atoms with E-state index in [9.17, 15) is 18.0 Å². The summed E-state index contributed by atoms with van der Waals surface area (Å²) in [6, 6.07) is 13.6. The van der Waals surface area contributed by atoms with Crippen LogP contribution in [-0.2, 0) is 14.8 Å². The van der Waals surface area contributed by atoms with E-state index in [1.807, 2.05) is 6.92 Å². The van der Waals surface area contributed by atoms with Crippen molar-refractivity contribution in [2.75, 3.05) is 11.3 Å². The molecule has 1 atom stereocenters. The molecule has 0 aromatic heterocycles. The smallest absolute Gasteiger partial charge is 0.323 e. The number of carbonyl (C=O) groups excluding carboxylic acids is 1. The zero-order chi connectivity index (χ0) is 20.0. The van der Waals surface area contributed by atoms with Gasteiger partial charge in [0.15, 0.2) is 0 Å². The molecule has 2 aromatic rings. The first kappa shape index (κ1) is 20.4. The number of nitrogens with one attached hydrogen (secondary N) is 1. The number of hydrogen-bond donors (Lipinski definition) is 2. The number of benzene rings is 2. The molecule has 0 bridgehead atoms. The maximum atomic E-state index is 12.6. The molecule has 2 rings (SSSR count). The van der Waals surface area contributed by atoms with E-state index in [1.54, 1.807) is 25.1 Å². The van der Waals surface area contributed by atoms with Crippen molar-refractivity contribution in [3.63, 3.8) is 0 Å². The number of amides is 1. The molecule has 27 heavy (non-hydrogen) atoms. The zero-order valence-corrected chi connectivity index (χ0v) is 15.9. The van der Waals surface area contributed by atoms with E-state index in [1.165, 1.54) is 41.3 Å². The second kappa shape index (κ2) is 8.68. The average Bonchev–Trinajstić information content (AvgIpc) is 2.66. The van der Waals surface area contributed by atoms with Gasteiger partial charge < -0.3 is 10.0 Å². The first-order chi connectivity index (χ1) is 12.7. The van der Waals surface area contributed by atoms with Crippen molar-refractivity contribution >= 4 is 27.6 Å². The van der Waals surface area contributed by atoms with Gasteiger partial charge in [-0.3, -0.25) is 14.3 Å². The van der Waals surface area contributed by atoms with Gasteiger partial charge in [-0.2, -0.15) is 0 Å². The van der Waals surface area contributed by atoms with Gasteiger partial charge in [-0.15, -0.1) is 0 Å². The van der Waals surface area contributed by atoms with Crippen LogP contribution < -0.4 is 4.72 Å². The van der Waals surface area contributed by atoms with Gasteiger partial charge in [0.2, 0.25) is 0 Å². The molecule has 0 heterocycles.